The molecule has 0 fully saturated rings. The minimum atomic E-state index is -0.459. The fraction of sp³-hybridized carbons (Fsp3) is 0.208. The van der Waals surface area contributed by atoms with Gasteiger partial charge in [0.1, 0.15) is 6.54 Å². The second-order valence-electron chi connectivity index (χ2n) is 8.01. The maximum Gasteiger partial charge on any atom is 0.262 e. The van der Waals surface area contributed by atoms with E-state index in [9.17, 15) is 14.4 Å². The standard InChI is InChI=1S/C24H20ClN5O3S.ClH/c1-15-11-16(25)12-19-21(15)27-24(34-19)29(9-4-8-28-10-7-26-14-28)20(31)13-30-22(32)17-5-2-3-6-18(17)23(30)33;/h2-3,5-7,10-12,14H,4,8-9,13H2,1H3;1H. The highest BCUT2D eigenvalue weighted by Crippen LogP contribution is 2.33. The van der Waals surface area contributed by atoms with E-state index in [-0.39, 0.29) is 24.9 Å². The number of aromatic nitrogens is 3. The molecule has 2 aromatic carbocycles. The first-order valence-corrected chi connectivity index (χ1v) is 11.9. The summed E-state index contributed by atoms with van der Waals surface area (Å²) in [4.78, 5) is 50.3. The fourth-order valence-corrected chi connectivity index (χ4v) is 5.48. The molecule has 0 aliphatic carbocycles. The zero-order chi connectivity index (χ0) is 23.8. The van der Waals surface area contributed by atoms with Crippen molar-refractivity contribution in [2.24, 2.45) is 0 Å². The van der Waals surface area contributed by atoms with E-state index in [0.717, 1.165) is 20.7 Å². The summed E-state index contributed by atoms with van der Waals surface area (Å²) >= 11 is 7.57. The maximum atomic E-state index is 13.5. The number of imidazole rings is 1. The van der Waals surface area contributed by atoms with Crippen molar-refractivity contribution in [2.45, 2.75) is 19.9 Å². The van der Waals surface area contributed by atoms with Gasteiger partial charge in [-0.15, -0.1) is 12.4 Å². The maximum absolute atomic E-state index is 13.5. The summed E-state index contributed by atoms with van der Waals surface area (Å²) in [5, 5.41) is 1.11. The van der Waals surface area contributed by atoms with Crippen LogP contribution in [-0.2, 0) is 11.3 Å². The van der Waals surface area contributed by atoms with Gasteiger partial charge in [-0.05, 0) is 43.2 Å². The minimum Gasteiger partial charge on any atom is -0.337 e. The minimum absolute atomic E-state index is 0. The molecule has 0 spiro atoms. The number of amides is 3. The van der Waals surface area contributed by atoms with E-state index in [1.54, 1.807) is 41.7 Å². The van der Waals surface area contributed by atoms with E-state index in [0.29, 0.717) is 40.8 Å². The van der Waals surface area contributed by atoms with Crippen LogP contribution in [0.5, 0.6) is 0 Å². The number of halogens is 2. The molecule has 1 aliphatic rings. The molecule has 0 bridgehead atoms. The highest BCUT2D eigenvalue weighted by molar-refractivity contribution is 7.22. The monoisotopic (exact) mass is 529 g/mol. The number of imide groups is 1. The molecular weight excluding hydrogens is 509 g/mol. The van der Waals surface area contributed by atoms with Gasteiger partial charge >= 0.3 is 0 Å². The summed E-state index contributed by atoms with van der Waals surface area (Å²) in [6.45, 7) is 2.59. The van der Waals surface area contributed by atoms with E-state index in [2.05, 4.69) is 4.98 Å². The molecule has 0 unspecified atom stereocenters. The Bertz CT molecular complexity index is 1390. The van der Waals surface area contributed by atoms with Crippen molar-refractivity contribution in [3.8, 4) is 0 Å². The topological polar surface area (TPSA) is 88.4 Å². The number of hydrogen-bond donors (Lipinski definition) is 0. The first-order valence-electron chi connectivity index (χ1n) is 10.7. The number of fused-ring (bicyclic) bond motifs is 2. The number of benzene rings is 2. The lowest BCUT2D eigenvalue weighted by Gasteiger charge is -2.22. The summed E-state index contributed by atoms with van der Waals surface area (Å²) in [5.41, 5.74) is 2.32. The zero-order valence-corrected chi connectivity index (χ0v) is 21.1. The van der Waals surface area contributed by atoms with Crippen LogP contribution < -0.4 is 4.90 Å². The lowest BCUT2D eigenvalue weighted by atomic mass is 10.1. The third-order valence-corrected chi connectivity index (χ3v) is 6.94. The lowest BCUT2D eigenvalue weighted by Crippen LogP contribution is -2.43. The first-order chi connectivity index (χ1) is 16.4. The van der Waals surface area contributed by atoms with Gasteiger partial charge in [-0.3, -0.25) is 24.2 Å². The van der Waals surface area contributed by atoms with E-state index in [1.807, 2.05) is 29.8 Å². The predicted molar refractivity (Wildman–Crippen MR) is 138 cm³/mol. The first kappa shape index (κ1) is 24.8. The van der Waals surface area contributed by atoms with Gasteiger partial charge in [0.25, 0.3) is 11.8 Å². The van der Waals surface area contributed by atoms with Crippen molar-refractivity contribution in [1.82, 2.24) is 19.4 Å². The van der Waals surface area contributed by atoms with Crippen molar-refractivity contribution in [1.29, 1.82) is 0 Å². The second kappa shape index (κ2) is 10.2. The number of carbonyl (C=O) groups is 3. The lowest BCUT2D eigenvalue weighted by molar-refractivity contribution is -0.119. The van der Waals surface area contributed by atoms with Crippen molar-refractivity contribution >= 4 is 68.4 Å². The molecule has 0 atom stereocenters. The molecular formula is C24H21Cl2N5O3S. The van der Waals surface area contributed by atoms with Crippen LogP contribution in [0.25, 0.3) is 10.2 Å². The van der Waals surface area contributed by atoms with Gasteiger partial charge in [-0.25, -0.2) is 9.97 Å². The molecule has 8 nitrogen and oxygen atoms in total. The molecule has 3 amide bonds. The van der Waals surface area contributed by atoms with Crippen LogP contribution in [0.1, 0.15) is 32.7 Å². The molecule has 1 aliphatic heterocycles. The fourth-order valence-electron chi connectivity index (χ4n) is 4.02. The van der Waals surface area contributed by atoms with E-state index < -0.39 is 11.8 Å². The number of thiazole rings is 1. The normalized spacial score (nSPS) is 12.7. The quantitative estimate of drug-likeness (QED) is 0.326. The van der Waals surface area contributed by atoms with Gasteiger partial charge in [0.15, 0.2) is 5.13 Å². The second-order valence-corrected chi connectivity index (χ2v) is 9.45. The SMILES string of the molecule is Cc1cc(Cl)cc2sc(N(CCCn3ccnc3)C(=O)CN3C(=O)c4ccccc4C3=O)nc12.Cl. The van der Waals surface area contributed by atoms with Crippen LogP contribution >= 0.6 is 35.3 Å². The average Bonchev–Trinajstić information content (AvgIpc) is 3.53. The summed E-state index contributed by atoms with van der Waals surface area (Å²) in [7, 11) is 0. The molecule has 4 aromatic rings. The Hall–Kier alpha value is -3.27. The molecule has 11 heteroatoms. The number of rotatable bonds is 7. The Morgan fingerprint density at radius 2 is 1.86 bits per heavy atom. The summed E-state index contributed by atoms with van der Waals surface area (Å²) in [5.74, 6) is -1.29. The molecule has 0 saturated carbocycles. The number of anilines is 1. The van der Waals surface area contributed by atoms with Gasteiger partial charge in [0.05, 0.1) is 27.7 Å². The molecule has 35 heavy (non-hydrogen) atoms. The number of aryl methyl sites for hydroxylation is 2. The van der Waals surface area contributed by atoms with Crippen LogP contribution in [0.4, 0.5) is 5.13 Å². The molecule has 2 aromatic heterocycles. The third-order valence-electron chi connectivity index (χ3n) is 5.70. The highest BCUT2D eigenvalue weighted by atomic mass is 35.5. The summed E-state index contributed by atoms with van der Waals surface area (Å²) in [6.07, 6.45) is 5.91. The Balaban J connectivity index is 0.00000289. The van der Waals surface area contributed by atoms with E-state index in [4.69, 9.17) is 16.6 Å². The largest absolute Gasteiger partial charge is 0.337 e. The Labute approximate surface area is 216 Å². The van der Waals surface area contributed by atoms with Gasteiger partial charge < -0.3 is 4.57 Å². The van der Waals surface area contributed by atoms with Crippen molar-refractivity contribution in [3.63, 3.8) is 0 Å². The van der Waals surface area contributed by atoms with Crippen molar-refractivity contribution in [2.75, 3.05) is 18.0 Å². The Morgan fingerprint density at radius 1 is 1.14 bits per heavy atom. The van der Waals surface area contributed by atoms with Gasteiger partial charge in [-0.2, -0.15) is 0 Å². The highest BCUT2D eigenvalue weighted by Gasteiger charge is 2.37. The molecule has 0 saturated heterocycles. The van der Waals surface area contributed by atoms with Crippen LogP contribution in [0, 0.1) is 6.92 Å². The average molecular weight is 530 g/mol. The predicted octanol–water partition coefficient (Wildman–Crippen LogP) is 4.60. The van der Waals surface area contributed by atoms with Gasteiger partial charge in [0.2, 0.25) is 5.91 Å². The molecule has 180 valence electrons. The number of nitrogens with zero attached hydrogens (tertiary/aromatic N) is 5. The van der Waals surface area contributed by atoms with Gasteiger partial charge in [-0.1, -0.05) is 35.1 Å². The third kappa shape index (κ3) is 4.80. The van der Waals surface area contributed by atoms with Crippen LogP contribution in [-0.4, -0.2) is 50.2 Å². The van der Waals surface area contributed by atoms with Crippen LogP contribution in [0.15, 0.2) is 55.1 Å². The number of hydrogen-bond acceptors (Lipinski definition) is 6. The van der Waals surface area contributed by atoms with E-state index in [1.165, 1.54) is 11.3 Å². The zero-order valence-electron chi connectivity index (χ0n) is 18.7. The number of carbonyl (C=O) groups excluding carboxylic acids is 3. The Kier molecular flexibility index (Phi) is 7.20. The molecule has 0 N–H and O–H groups in total. The smallest absolute Gasteiger partial charge is 0.262 e. The Morgan fingerprint density at radius 3 is 2.51 bits per heavy atom. The summed E-state index contributed by atoms with van der Waals surface area (Å²) < 4.78 is 2.79. The van der Waals surface area contributed by atoms with Crippen molar-refractivity contribution < 1.29 is 14.4 Å². The van der Waals surface area contributed by atoms with Crippen LogP contribution in [0.2, 0.25) is 5.02 Å². The molecule has 0 radical (unpaired) electrons. The molecule has 5 rings (SSSR count). The summed E-state index contributed by atoms with van der Waals surface area (Å²) in [6, 6.07) is 10.3. The van der Waals surface area contributed by atoms with E-state index >= 15 is 0 Å². The van der Waals surface area contributed by atoms with Gasteiger partial charge in [0, 0.05) is 30.5 Å². The van der Waals surface area contributed by atoms with Crippen LogP contribution in [0.3, 0.4) is 0 Å². The molecule has 3 heterocycles. The van der Waals surface area contributed by atoms with Crippen molar-refractivity contribution in [3.05, 3.63) is 76.8 Å².